The summed E-state index contributed by atoms with van der Waals surface area (Å²) in [6, 6.07) is 92.3. The van der Waals surface area contributed by atoms with Gasteiger partial charge in [-0.2, -0.15) is 0 Å². The number of fused-ring (bicyclic) bond motifs is 9. The van der Waals surface area contributed by atoms with Gasteiger partial charge in [0.2, 0.25) is 0 Å². The summed E-state index contributed by atoms with van der Waals surface area (Å²) in [6.07, 6.45) is 0. The van der Waals surface area contributed by atoms with Gasteiger partial charge >= 0.3 is 0 Å². The van der Waals surface area contributed by atoms with Crippen molar-refractivity contribution in [3.63, 3.8) is 0 Å². The molecule has 0 bridgehead atoms. The summed E-state index contributed by atoms with van der Waals surface area (Å²) in [6.45, 7) is 0. The van der Waals surface area contributed by atoms with E-state index in [0.717, 1.165) is 105 Å². The molecule has 4 heterocycles. The molecular formula is C69H43N5O. The number of rotatable bonds is 8. The lowest BCUT2D eigenvalue weighted by Gasteiger charge is -2.15. The highest BCUT2D eigenvalue weighted by Crippen LogP contribution is 2.46. The average molecular weight is 958 g/mol. The first-order valence-corrected chi connectivity index (χ1v) is 25.3. The SMILES string of the molecule is c1ccc(-c2ccc(-c3nc(-c4ccccc4-n4c5cc(-c6ccccc6)ccc5c5c(-c6cccc7c6c6ccccc6n7-c6ccccc6)cccc54)nc(-c4cccc5c4oc4ccccc45)n3)cc2)cc1. The highest BCUT2D eigenvalue weighted by Gasteiger charge is 2.24. The molecule has 15 rings (SSSR count). The second-order valence-electron chi connectivity index (χ2n) is 19.1. The van der Waals surface area contributed by atoms with Gasteiger partial charge in [-0.1, -0.05) is 200 Å². The molecule has 0 aliphatic carbocycles. The Kier molecular flexibility index (Phi) is 9.78. The molecule has 0 saturated carbocycles. The summed E-state index contributed by atoms with van der Waals surface area (Å²) in [5.41, 5.74) is 17.5. The third-order valence-corrected chi connectivity index (χ3v) is 14.8. The number of para-hydroxylation sites is 5. The summed E-state index contributed by atoms with van der Waals surface area (Å²) in [5.74, 6) is 1.64. The smallest absolute Gasteiger partial charge is 0.167 e. The van der Waals surface area contributed by atoms with Crippen molar-refractivity contribution < 1.29 is 4.42 Å². The minimum Gasteiger partial charge on any atom is -0.455 e. The molecule has 0 atom stereocenters. The van der Waals surface area contributed by atoms with Crippen LogP contribution in [0.25, 0.3) is 144 Å². The molecule has 0 amide bonds. The minimum absolute atomic E-state index is 0.528. The molecule has 350 valence electrons. The summed E-state index contributed by atoms with van der Waals surface area (Å²) < 4.78 is 11.4. The Morgan fingerprint density at radius 2 is 0.760 bits per heavy atom. The number of nitrogens with zero attached hydrogens (tertiary/aromatic N) is 5. The van der Waals surface area contributed by atoms with Gasteiger partial charge < -0.3 is 13.6 Å². The van der Waals surface area contributed by atoms with E-state index in [0.29, 0.717) is 17.5 Å². The van der Waals surface area contributed by atoms with E-state index >= 15 is 0 Å². The van der Waals surface area contributed by atoms with Gasteiger partial charge in [-0.25, -0.2) is 15.0 Å². The van der Waals surface area contributed by atoms with Crippen LogP contribution in [0.5, 0.6) is 0 Å². The molecule has 75 heavy (non-hydrogen) atoms. The lowest BCUT2D eigenvalue weighted by Crippen LogP contribution is -2.03. The van der Waals surface area contributed by atoms with Crippen molar-refractivity contribution in [1.29, 1.82) is 0 Å². The Hall–Kier alpha value is -10.2. The summed E-state index contributed by atoms with van der Waals surface area (Å²) in [5, 5.41) is 6.79. The summed E-state index contributed by atoms with van der Waals surface area (Å²) in [7, 11) is 0. The van der Waals surface area contributed by atoms with E-state index in [1.165, 1.54) is 21.9 Å². The highest BCUT2D eigenvalue weighted by molar-refractivity contribution is 6.22. The van der Waals surface area contributed by atoms with Crippen molar-refractivity contribution in [3.05, 3.63) is 261 Å². The second kappa shape index (κ2) is 17.3. The molecule has 15 aromatic rings. The molecule has 0 fully saturated rings. The van der Waals surface area contributed by atoms with Crippen LogP contribution in [0.15, 0.2) is 265 Å². The van der Waals surface area contributed by atoms with Crippen LogP contribution in [0.4, 0.5) is 0 Å². The normalized spacial score (nSPS) is 11.7. The second-order valence-corrected chi connectivity index (χ2v) is 19.1. The van der Waals surface area contributed by atoms with Crippen molar-refractivity contribution in [1.82, 2.24) is 24.1 Å². The maximum atomic E-state index is 6.64. The van der Waals surface area contributed by atoms with Gasteiger partial charge in [0, 0.05) is 49.1 Å². The van der Waals surface area contributed by atoms with Crippen LogP contribution in [0.1, 0.15) is 0 Å². The molecule has 0 radical (unpaired) electrons. The van der Waals surface area contributed by atoms with Gasteiger partial charge in [0.15, 0.2) is 17.5 Å². The standard InChI is InChI=1S/C69H43N5O/c1-4-19-44(20-5-1)46-37-39-47(40-38-46)67-70-68(72-69(71-67)57-31-16-30-53-50-25-12-15-36-63(50)75-66(53)57)56-27-11-14-33-59(56)74-61-35-18-29-52(65(61)55-42-41-48(43-62(55)74)45-21-6-2-7-22-45)51-28-17-34-60-64(51)54-26-10-13-32-58(54)73(60)49-23-8-3-9-24-49/h1-43H. The fourth-order valence-electron chi connectivity index (χ4n) is 11.4. The zero-order chi connectivity index (χ0) is 49.4. The Morgan fingerprint density at radius 3 is 1.51 bits per heavy atom. The van der Waals surface area contributed by atoms with Gasteiger partial charge in [0.1, 0.15) is 11.2 Å². The number of benzene rings is 11. The van der Waals surface area contributed by atoms with Gasteiger partial charge in [-0.05, 0) is 94.0 Å². The fourth-order valence-corrected chi connectivity index (χ4v) is 11.4. The van der Waals surface area contributed by atoms with E-state index < -0.39 is 0 Å². The maximum absolute atomic E-state index is 6.64. The zero-order valence-electron chi connectivity index (χ0n) is 40.5. The van der Waals surface area contributed by atoms with Crippen molar-refractivity contribution in [2.24, 2.45) is 0 Å². The summed E-state index contributed by atoms with van der Waals surface area (Å²) in [4.78, 5) is 16.1. The van der Waals surface area contributed by atoms with Gasteiger partial charge in [0.25, 0.3) is 0 Å². The predicted octanol–water partition coefficient (Wildman–Crippen LogP) is 18.0. The molecule has 0 aliphatic rings. The Bertz CT molecular complexity index is 4690. The maximum Gasteiger partial charge on any atom is 0.167 e. The molecule has 0 spiro atoms. The topological polar surface area (TPSA) is 61.7 Å². The predicted molar refractivity (Wildman–Crippen MR) is 308 cm³/mol. The molecule has 11 aromatic carbocycles. The molecule has 6 heteroatoms. The molecule has 0 aliphatic heterocycles. The van der Waals surface area contributed by atoms with Crippen molar-refractivity contribution in [3.8, 4) is 78.9 Å². The van der Waals surface area contributed by atoms with E-state index in [1.807, 2.05) is 24.3 Å². The van der Waals surface area contributed by atoms with Crippen molar-refractivity contribution >= 4 is 65.6 Å². The van der Waals surface area contributed by atoms with Crippen LogP contribution in [0.3, 0.4) is 0 Å². The first-order chi connectivity index (χ1) is 37.2. The van der Waals surface area contributed by atoms with Crippen molar-refractivity contribution in [2.45, 2.75) is 0 Å². The number of aromatic nitrogens is 5. The Morgan fingerprint density at radius 1 is 0.280 bits per heavy atom. The van der Waals surface area contributed by atoms with Crippen LogP contribution in [0, 0.1) is 0 Å². The molecule has 6 nitrogen and oxygen atoms in total. The Labute approximate surface area is 431 Å². The van der Waals surface area contributed by atoms with Crippen LogP contribution in [0.2, 0.25) is 0 Å². The first-order valence-electron chi connectivity index (χ1n) is 25.3. The average Bonchev–Trinajstić information content (AvgIpc) is 4.21. The lowest BCUT2D eigenvalue weighted by molar-refractivity contribution is 0.669. The zero-order valence-corrected chi connectivity index (χ0v) is 40.5. The van der Waals surface area contributed by atoms with Gasteiger partial charge in [-0.15, -0.1) is 0 Å². The Balaban J connectivity index is 0.989. The van der Waals surface area contributed by atoms with Crippen LogP contribution < -0.4 is 0 Å². The van der Waals surface area contributed by atoms with E-state index in [2.05, 4.69) is 246 Å². The minimum atomic E-state index is 0.528. The van der Waals surface area contributed by atoms with E-state index in [9.17, 15) is 0 Å². The van der Waals surface area contributed by atoms with E-state index in [4.69, 9.17) is 19.4 Å². The molecule has 0 unspecified atom stereocenters. The van der Waals surface area contributed by atoms with E-state index in [1.54, 1.807) is 0 Å². The van der Waals surface area contributed by atoms with Gasteiger partial charge in [-0.3, -0.25) is 0 Å². The quantitative estimate of drug-likeness (QED) is 0.152. The lowest BCUT2D eigenvalue weighted by atomic mass is 9.95. The van der Waals surface area contributed by atoms with Crippen LogP contribution >= 0.6 is 0 Å². The largest absolute Gasteiger partial charge is 0.455 e. The molecular weight excluding hydrogens is 915 g/mol. The first kappa shape index (κ1) is 42.5. The monoisotopic (exact) mass is 957 g/mol. The molecule has 0 N–H and O–H groups in total. The molecule has 4 aromatic heterocycles. The van der Waals surface area contributed by atoms with Crippen molar-refractivity contribution in [2.75, 3.05) is 0 Å². The number of hydrogen-bond donors (Lipinski definition) is 0. The van der Waals surface area contributed by atoms with Crippen LogP contribution in [-0.4, -0.2) is 24.1 Å². The number of hydrogen-bond acceptors (Lipinski definition) is 4. The fraction of sp³-hybridized carbons (Fsp3) is 0. The van der Waals surface area contributed by atoms with Crippen LogP contribution in [-0.2, 0) is 0 Å². The molecule has 0 saturated heterocycles. The third-order valence-electron chi connectivity index (χ3n) is 14.8. The number of furan rings is 1. The van der Waals surface area contributed by atoms with Gasteiger partial charge in [0.05, 0.1) is 33.3 Å². The van der Waals surface area contributed by atoms with E-state index in [-0.39, 0.29) is 0 Å². The third kappa shape index (κ3) is 6.92. The highest BCUT2D eigenvalue weighted by atomic mass is 16.3. The summed E-state index contributed by atoms with van der Waals surface area (Å²) >= 11 is 0.